The second kappa shape index (κ2) is 5.70. The molecule has 0 saturated carbocycles. The summed E-state index contributed by atoms with van der Waals surface area (Å²) in [5.74, 6) is -1.60. The number of hydrogen-bond donors (Lipinski definition) is 1. The Bertz CT molecular complexity index is 580. The largest absolute Gasteiger partial charge is 0.468 e. The zero-order valence-electron chi connectivity index (χ0n) is 10.5. The predicted octanol–water partition coefficient (Wildman–Crippen LogP) is -0.0210. The van der Waals surface area contributed by atoms with Crippen molar-refractivity contribution in [3.63, 3.8) is 0 Å². The molecule has 1 rings (SSSR count). The van der Waals surface area contributed by atoms with Crippen molar-refractivity contribution in [3.05, 3.63) is 24.3 Å². The van der Waals surface area contributed by atoms with E-state index in [4.69, 9.17) is 5.73 Å². The third kappa shape index (κ3) is 3.44. The van der Waals surface area contributed by atoms with Crippen molar-refractivity contribution in [2.75, 3.05) is 19.4 Å². The molecule has 8 heteroatoms. The van der Waals surface area contributed by atoms with Gasteiger partial charge in [-0.1, -0.05) is 0 Å². The Morgan fingerprint density at radius 1 is 1.26 bits per heavy atom. The van der Waals surface area contributed by atoms with Gasteiger partial charge in [-0.05, 0) is 24.3 Å². The molecular weight excluding hydrogens is 272 g/mol. The van der Waals surface area contributed by atoms with E-state index >= 15 is 0 Å². The van der Waals surface area contributed by atoms with Gasteiger partial charge in [0.15, 0.2) is 0 Å². The smallest absolute Gasteiger partial charge is 0.326 e. The molecule has 0 bridgehead atoms. The van der Waals surface area contributed by atoms with Crippen molar-refractivity contribution < 1.29 is 22.7 Å². The zero-order chi connectivity index (χ0) is 14.6. The number of nitrogen functional groups attached to an aromatic ring is 1. The van der Waals surface area contributed by atoms with Crippen LogP contribution in [0.4, 0.5) is 5.69 Å². The number of ether oxygens (including phenoxy) is 1. The molecule has 0 aliphatic carbocycles. The van der Waals surface area contributed by atoms with Crippen LogP contribution in [0, 0.1) is 0 Å². The minimum atomic E-state index is -4.09. The first kappa shape index (κ1) is 15.0. The number of methoxy groups -OCH3 is 1. The number of nitrogens with zero attached hydrogens (tertiary/aromatic N) is 1. The highest BCUT2D eigenvalue weighted by Gasteiger charge is 2.29. The standard InChI is InChI=1S/C11H14N2O5S/c1-8(14)13(7-11(15)18-2)19(16,17)10-5-3-9(12)4-6-10/h3-6H,7,12H2,1-2H3. The zero-order valence-corrected chi connectivity index (χ0v) is 11.3. The Morgan fingerprint density at radius 2 is 1.79 bits per heavy atom. The lowest BCUT2D eigenvalue weighted by Gasteiger charge is -2.19. The van der Waals surface area contributed by atoms with Crippen LogP contribution in [0.1, 0.15) is 6.92 Å². The molecule has 1 aromatic rings. The Kier molecular flexibility index (Phi) is 4.49. The topological polar surface area (TPSA) is 107 Å². The maximum absolute atomic E-state index is 12.2. The third-order valence-corrected chi connectivity index (χ3v) is 4.15. The molecule has 0 radical (unpaired) electrons. The van der Waals surface area contributed by atoms with E-state index in [0.29, 0.717) is 9.99 Å². The number of hydrogen-bond acceptors (Lipinski definition) is 6. The van der Waals surface area contributed by atoms with Crippen LogP contribution in [0.25, 0.3) is 0 Å². The van der Waals surface area contributed by atoms with E-state index in [9.17, 15) is 18.0 Å². The lowest BCUT2D eigenvalue weighted by Crippen LogP contribution is -2.39. The normalized spacial score (nSPS) is 10.8. The lowest BCUT2D eigenvalue weighted by molar-refractivity contribution is -0.143. The molecule has 0 aromatic heterocycles. The van der Waals surface area contributed by atoms with Crippen LogP contribution in [-0.2, 0) is 24.3 Å². The fraction of sp³-hybridized carbons (Fsp3) is 0.273. The van der Waals surface area contributed by atoms with Crippen molar-refractivity contribution in [1.82, 2.24) is 4.31 Å². The van der Waals surface area contributed by atoms with Crippen molar-refractivity contribution in [2.45, 2.75) is 11.8 Å². The van der Waals surface area contributed by atoms with E-state index in [0.717, 1.165) is 14.0 Å². The van der Waals surface area contributed by atoms with Crippen LogP contribution < -0.4 is 5.73 Å². The molecule has 0 fully saturated rings. The first-order valence-corrected chi connectivity index (χ1v) is 6.68. The van der Waals surface area contributed by atoms with E-state index in [1.54, 1.807) is 0 Å². The second-order valence-corrected chi connectivity index (χ2v) is 5.54. The molecule has 0 heterocycles. The summed E-state index contributed by atoms with van der Waals surface area (Å²) in [4.78, 5) is 22.4. The van der Waals surface area contributed by atoms with E-state index in [2.05, 4.69) is 4.74 Å². The van der Waals surface area contributed by atoms with Gasteiger partial charge in [0.1, 0.15) is 6.54 Å². The summed E-state index contributed by atoms with van der Waals surface area (Å²) < 4.78 is 29.2. The number of esters is 1. The summed E-state index contributed by atoms with van der Waals surface area (Å²) in [5, 5.41) is 0. The average molecular weight is 286 g/mol. The van der Waals surface area contributed by atoms with Gasteiger partial charge in [-0.2, -0.15) is 0 Å². The number of nitrogens with two attached hydrogens (primary N) is 1. The molecule has 2 N–H and O–H groups in total. The van der Waals surface area contributed by atoms with Crippen molar-refractivity contribution in [3.8, 4) is 0 Å². The maximum Gasteiger partial charge on any atom is 0.326 e. The molecule has 1 aromatic carbocycles. The van der Waals surface area contributed by atoms with Gasteiger partial charge in [-0.25, -0.2) is 12.7 Å². The number of sulfonamides is 1. The third-order valence-electron chi connectivity index (χ3n) is 2.32. The Balaban J connectivity index is 3.16. The van der Waals surface area contributed by atoms with Crippen molar-refractivity contribution in [1.29, 1.82) is 0 Å². The molecule has 0 unspecified atom stereocenters. The Hall–Kier alpha value is -2.09. The number of amides is 1. The van der Waals surface area contributed by atoms with Crippen LogP contribution in [-0.4, -0.2) is 38.3 Å². The van der Waals surface area contributed by atoms with Gasteiger partial charge in [-0.3, -0.25) is 9.59 Å². The average Bonchev–Trinajstić information content (AvgIpc) is 2.35. The van der Waals surface area contributed by atoms with E-state index in [-0.39, 0.29) is 4.90 Å². The van der Waals surface area contributed by atoms with E-state index in [1.807, 2.05) is 0 Å². The number of anilines is 1. The Morgan fingerprint density at radius 3 is 2.21 bits per heavy atom. The van der Waals surface area contributed by atoms with Gasteiger partial charge in [0, 0.05) is 12.6 Å². The molecule has 1 amide bonds. The molecule has 0 saturated heterocycles. The molecule has 0 aliphatic heterocycles. The minimum Gasteiger partial charge on any atom is -0.468 e. The molecule has 104 valence electrons. The van der Waals surface area contributed by atoms with Gasteiger partial charge in [0.25, 0.3) is 10.0 Å². The SMILES string of the molecule is COC(=O)CN(C(C)=O)S(=O)(=O)c1ccc(N)cc1. The molecule has 7 nitrogen and oxygen atoms in total. The summed E-state index contributed by atoms with van der Waals surface area (Å²) in [5.41, 5.74) is 5.85. The summed E-state index contributed by atoms with van der Waals surface area (Å²) in [6.07, 6.45) is 0. The molecule has 0 atom stereocenters. The summed E-state index contributed by atoms with van der Waals surface area (Å²) >= 11 is 0. The minimum absolute atomic E-state index is 0.124. The maximum atomic E-state index is 12.2. The highest BCUT2D eigenvalue weighted by atomic mass is 32.2. The van der Waals surface area contributed by atoms with Crippen molar-refractivity contribution in [2.24, 2.45) is 0 Å². The summed E-state index contributed by atoms with van der Waals surface area (Å²) in [6, 6.07) is 5.31. The van der Waals surface area contributed by atoms with Crippen LogP contribution in [0.5, 0.6) is 0 Å². The van der Waals surface area contributed by atoms with Crippen molar-refractivity contribution >= 4 is 27.6 Å². The van der Waals surface area contributed by atoms with Crippen LogP contribution in [0.3, 0.4) is 0 Å². The van der Waals surface area contributed by atoms with Crippen LogP contribution >= 0.6 is 0 Å². The Labute approximate surface area is 111 Å². The fourth-order valence-corrected chi connectivity index (χ4v) is 2.66. The summed E-state index contributed by atoms with van der Waals surface area (Å²) in [7, 11) is -2.99. The quantitative estimate of drug-likeness (QED) is 0.615. The predicted molar refractivity (Wildman–Crippen MR) is 67.4 cm³/mol. The number of rotatable bonds is 4. The number of benzene rings is 1. The van der Waals surface area contributed by atoms with Gasteiger partial charge >= 0.3 is 5.97 Å². The highest BCUT2D eigenvalue weighted by molar-refractivity contribution is 7.89. The van der Waals surface area contributed by atoms with Crippen LogP contribution in [0.15, 0.2) is 29.2 Å². The van der Waals surface area contributed by atoms with E-state index in [1.165, 1.54) is 24.3 Å². The van der Waals surface area contributed by atoms with Gasteiger partial charge in [0.05, 0.1) is 12.0 Å². The monoisotopic (exact) mass is 286 g/mol. The van der Waals surface area contributed by atoms with E-state index < -0.39 is 28.4 Å². The van der Waals surface area contributed by atoms with Gasteiger partial charge in [-0.15, -0.1) is 0 Å². The number of carbonyl (C=O) groups is 2. The van der Waals surface area contributed by atoms with Gasteiger partial charge in [0.2, 0.25) is 5.91 Å². The fourth-order valence-electron chi connectivity index (χ4n) is 1.31. The highest BCUT2D eigenvalue weighted by Crippen LogP contribution is 2.17. The number of carbonyl (C=O) groups excluding carboxylic acids is 2. The lowest BCUT2D eigenvalue weighted by atomic mass is 10.3. The first-order valence-electron chi connectivity index (χ1n) is 5.24. The molecule has 19 heavy (non-hydrogen) atoms. The summed E-state index contributed by atoms with van der Waals surface area (Å²) in [6.45, 7) is 0.385. The molecular formula is C11H14N2O5S. The van der Waals surface area contributed by atoms with Crippen LogP contribution in [0.2, 0.25) is 0 Å². The molecule has 0 spiro atoms. The van der Waals surface area contributed by atoms with Gasteiger partial charge < -0.3 is 10.5 Å². The second-order valence-electron chi connectivity index (χ2n) is 3.68. The first-order chi connectivity index (χ1) is 8.78. The molecule has 0 aliphatic rings.